The molecule has 2 heterocycles. The average molecular weight is 588 g/mol. The minimum atomic E-state index is 0.621. The zero-order chi connectivity index (χ0) is 30.5. The number of hydrogen-bond acceptors (Lipinski definition) is 5. The Kier molecular flexibility index (Phi) is 6.06. The van der Waals surface area contributed by atoms with Gasteiger partial charge in [-0.2, -0.15) is 0 Å². The maximum absolute atomic E-state index is 4.96. The largest absolute Gasteiger partial charge is 0.244 e. The van der Waals surface area contributed by atoms with E-state index >= 15 is 0 Å². The van der Waals surface area contributed by atoms with Gasteiger partial charge in [-0.15, -0.1) is 0 Å². The van der Waals surface area contributed by atoms with E-state index in [1.165, 1.54) is 44.2 Å². The zero-order valence-corrected chi connectivity index (χ0v) is 24.7. The number of nitrogens with zero attached hydrogens (tertiary/aromatic N) is 5. The molecule has 2 aromatic heterocycles. The molecule has 5 nitrogen and oxygen atoms in total. The highest BCUT2D eigenvalue weighted by molar-refractivity contribution is 6.25. The first-order valence-electron chi connectivity index (χ1n) is 15.2. The maximum atomic E-state index is 4.96. The van der Waals surface area contributed by atoms with Crippen LogP contribution in [0.4, 0.5) is 0 Å². The van der Waals surface area contributed by atoms with Crippen molar-refractivity contribution in [2.45, 2.75) is 0 Å². The lowest BCUT2D eigenvalue weighted by atomic mass is 9.90. The highest BCUT2D eigenvalue weighted by Gasteiger charge is 2.15. The Labute approximate surface area is 265 Å². The topological polar surface area (TPSA) is 64.5 Å². The van der Waals surface area contributed by atoms with Gasteiger partial charge in [-0.05, 0) is 49.0 Å². The fourth-order valence-corrected chi connectivity index (χ4v) is 6.40. The molecule has 0 unspecified atom stereocenters. The SMILES string of the molecule is c1ccc(-c2nc(-c3ccc(-c4cncnc4)cc3)nc(-c3ccc(-c4ccc5ccc6cccc7ccc4c5c67)cc3)n2)cc1. The van der Waals surface area contributed by atoms with Gasteiger partial charge in [0.25, 0.3) is 0 Å². The minimum Gasteiger partial charge on any atom is -0.244 e. The van der Waals surface area contributed by atoms with Crippen LogP contribution >= 0.6 is 0 Å². The summed E-state index contributed by atoms with van der Waals surface area (Å²) in [5, 5.41) is 7.70. The fourth-order valence-electron chi connectivity index (χ4n) is 6.40. The first-order valence-corrected chi connectivity index (χ1v) is 15.2. The summed E-state index contributed by atoms with van der Waals surface area (Å²) < 4.78 is 0. The van der Waals surface area contributed by atoms with Gasteiger partial charge in [0.1, 0.15) is 6.33 Å². The van der Waals surface area contributed by atoms with Crippen molar-refractivity contribution in [3.63, 3.8) is 0 Å². The van der Waals surface area contributed by atoms with Gasteiger partial charge in [0, 0.05) is 34.6 Å². The van der Waals surface area contributed by atoms with Crippen LogP contribution in [0, 0.1) is 0 Å². The smallest absolute Gasteiger partial charge is 0.164 e. The first kappa shape index (κ1) is 26.1. The van der Waals surface area contributed by atoms with E-state index in [9.17, 15) is 0 Å². The van der Waals surface area contributed by atoms with Gasteiger partial charge < -0.3 is 0 Å². The molecule has 0 N–H and O–H groups in total. The van der Waals surface area contributed by atoms with E-state index in [4.69, 9.17) is 15.0 Å². The second kappa shape index (κ2) is 10.7. The Balaban J connectivity index is 1.13. The van der Waals surface area contributed by atoms with Gasteiger partial charge in [-0.1, -0.05) is 133 Å². The van der Waals surface area contributed by atoms with Crippen molar-refractivity contribution in [1.29, 1.82) is 0 Å². The Bertz CT molecular complexity index is 2480. The summed E-state index contributed by atoms with van der Waals surface area (Å²) in [5.74, 6) is 1.89. The molecule has 0 aliphatic heterocycles. The standard InChI is InChI=1S/C41H25N5/c1-2-5-31(6-3-1)39-44-40(32-15-9-26(10-16-32)34-23-42-25-43-24-34)46-41(45-39)33-17-11-27(12-18-33)35-21-19-30-14-13-28-7-4-8-29-20-22-36(35)38(30)37(28)29/h1-25H. The monoisotopic (exact) mass is 587 g/mol. The molecular formula is C41H25N5. The number of benzene rings is 7. The average Bonchev–Trinajstić information content (AvgIpc) is 3.14. The predicted molar refractivity (Wildman–Crippen MR) is 186 cm³/mol. The normalized spacial score (nSPS) is 11.5. The zero-order valence-electron chi connectivity index (χ0n) is 24.7. The summed E-state index contributed by atoms with van der Waals surface area (Å²) in [5.41, 5.74) is 7.13. The van der Waals surface area contributed by atoms with Crippen LogP contribution in [0.5, 0.6) is 0 Å². The van der Waals surface area contributed by atoms with Crippen molar-refractivity contribution in [3.05, 3.63) is 152 Å². The van der Waals surface area contributed by atoms with Crippen molar-refractivity contribution in [3.8, 4) is 56.4 Å². The van der Waals surface area contributed by atoms with Gasteiger partial charge in [-0.25, -0.2) is 24.9 Å². The predicted octanol–water partition coefficient (Wildman–Crippen LogP) is 9.89. The van der Waals surface area contributed by atoms with Gasteiger partial charge in [0.05, 0.1) is 0 Å². The Hall–Kier alpha value is -6.33. The van der Waals surface area contributed by atoms with Crippen LogP contribution in [0.3, 0.4) is 0 Å². The Morgan fingerprint density at radius 1 is 0.326 bits per heavy atom. The molecule has 9 aromatic rings. The molecule has 0 fully saturated rings. The van der Waals surface area contributed by atoms with E-state index in [1.54, 1.807) is 0 Å². The van der Waals surface area contributed by atoms with Gasteiger partial charge in [-0.3, -0.25) is 0 Å². The second-order valence-corrected chi connectivity index (χ2v) is 11.4. The summed E-state index contributed by atoms with van der Waals surface area (Å²) >= 11 is 0. The molecule has 0 atom stereocenters. The van der Waals surface area contributed by atoms with Crippen LogP contribution in [0.25, 0.3) is 88.7 Å². The van der Waals surface area contributed by atoms with Crippen molar-refractivity contribution in [2.75, 3.05) is 0 Å². The van der Waals surface area contributed by atoms with E-state index in [-0.39, 0.29) is 0 Å². The van der Waals surface area contributed by atoms with Gasteiger partial charge in [0.15, 0.2) is 17.5 Å². The third-order valence-corrected chi connectivity index (χ3v) is 8.69. The summed E-state index contributed by atoms with van der Waals surface area (Å²) in [4.78, 5) is 23.1. The van der Waals surface area contributed by atoms with E-state index in [0.29, 0.717) is 17.5 Å². The molecule has 5 heteroatoms. The van der Waals surface area contributed by atoms with Crippen molar-refractivity contribution >= 4 is 32.3 Å². The Morgan fingerprint density at radius 2 is 0.826 bits per heavy atom. The first-order chi connectivity index (χ1) is 22.8. The summed E-state index contributed by atoms with van der Waals surface area (Å²) in [6.07, 6.45) is 5.15. The number of rotatable bonds is 5. The molecule has 0 aliphatic carbocycles. The molecule has 0 saturated carbocycles. The third-order valence-electron chi connectivity index (χ3n) is 8.69. The molecule has 0 amide bonds. The van der Waals surface area contributed by atoms with E-state index < -0.39 is 0 Å². The lowest BCUT2D eigenvalue weighted by Gasteiger charge is -2.14. The molecule has 9 rings (SSSR count). The van der Waals surface area contributed by atoms with Gasteiger partial charge in [0.2, 0.25) is 0 Å². The molecule has 7 aromatic carbocycles. The minimum absolute atomic E-state index is 0.621. The van der Waals surface area contributed by atoms with Crippen LogP contribution in [-0.2, 0) is 0 Å². The number of aromatic nitrogens is 5. The molecule has 0 spiro atoms. The fraction of sp³-hybridized carbons (Fsp3) is 0. The van der Waals surface area contributed by atoms with Gasteiger partial charge >= 0.3 is 0 Å². The highest BCUT2D eigenvalue weighted by atomic mass is 15.0. The van der Waals surface area contributed by atoms with Crippen LogP contribution in [0.2, 0.25) is 0 Å². The van der Waals surface area contributed by atoms with E-state index in [1.807, 2.05) is 67.0 Å². The second-order valence-electron chi connectivity index (χ2n) is 11.4. The molecule has 46 heavy (non-hydrogen) atoms. The summed E-state index contributed by atoms with van der Waals surface area (Å²) in [6.45, 7) is 0. The molecule has 0 bridgehead atoms. The van der Waals surface area contributed by atoms with Crippen molar-refractivity contribution in [1.82, 2.24) is 24.9 Å². The maximum Gasteiger partial charge on any atom is 0.164 e. The number of hydrogen-bond donors (Lipinski definition) is 0. The van der Waals surface area contributed by atoms with E-state index in [2.05, 4.69) is 88.8 Å². The van der Waals surface area contributed by atoms with Crippen LogP contribution in [-0.4, -0.2) is 24.9 Å². The Morgan fingerprint density at radius 3 is 1.46 bits per heavy atom. The van der Waals surface area contributed by atoms with Crippen LogP contribution in [0.1, 0.15) is 0 Å². The molecular weight excluding hydrogens is 562 g/mol. The van der Waals surface area contributed by atoms with E-state index in [0.717, 1.165) is 33.4 Å². The lowest BCUT2D eigenvalue weighted by Crippen LogP contribution is -2.00. The summed E-state index contributed by atoms with van der Waals surface area (Å²) in [7, 11) is 0. The van der Waals surface area contributed by atoms with Crippen molar-refractivity contribution in [2.24, 2.45) is 0 Å². The van der Waals surface area contributed by atoms with Crippen LogP contribution < -0.4 is 0 Å². The molecule has 0 radical (unpaired) electrons. The van der Waals surface area contributed by atoms with Crippen molar-refractivity contribution < 1.29 is 0 Å². The molecule has 0 saturated heterocycles. The highest BCUT2D eigenvalue weighted by Crippen LogP contribution is 2.39. The molecule has 0 aliphatic rings. The lowest BCUT2D eigenvalue weighted by molar-refractivity contribution is 1.07. The summed E-state index contributed by atoms with van der Waals surface area (Å²) in [6, 6.07) is 46.7. The third kappa shape index (κ3) is 4.45. The van der Waals surface area contributed by atoms with Crippen LogP contribution in [0.15, 0.2) is 152 Å². The quantitative estimate of drug-likeness (QED) is 0.188. The molecule has 214 valence electrons.